The Morgan fingerprint density at radius 1 is 0.875 bits per heavy atom. The fourth-order valence-electron chi connectivity index (χ4n) is 4.51. The third kappa shape index (κ3) is 7.94. The molecule has 0 aliphatic rings. The highest BCUT2D eigenvalue weighted by Crippen LogP contribution is 2.27. The van der Waals surface area contributed by atoms with Gasteiger partial charge in [-0.3, -0.25) is 13.9 Å². The molecule has 3 aromatic carbocycles. The fraction of sp³-hybridized carbons (Fsp3) is 0.375. The quantitative estimate of drug-likeness (QED) is 0.313. The predicted molar refractivity (Wildman–Crippen MR) is 161 cm³/mol. The molecule has 0 aliphatic carbocycles. The SMILES string of the molecule is CC[C@@H](C(=O)NCC(C)C)N(CCc1ccccc1)C(=O)CN(c1ccccc1C)S(=O)(=O)c1ccc(C)cc1. The van der Waals surface area contributed by atoms with Gasteiger partial charge in [0.25, 0.3) is 10.0 Å². The Hall–Kier alpha value is -3.65. The van der Waals surface area contributed by atoms with Gasteiger partial charge in [0.1, 0.15) is 12.6 Å². The number of sulfonamides is 1. The Morgan fingerprint density at radius 2 is 1.50 bits per heavy atom. The Morgan fingerprint density at radius 3 is 2.10 bits per heavy atom. The molecular formula is C32H41N3O4S. The number of benzene rings is 3. The summed E-state index contributed by atoms with van der Waals surface area (Å²) in [7, 11) is -4.08. The molecule has 0 unspecified atom stereocenters. The van der Waals surface area contributed by atoms with E-state index in [1.54, 1.807) is 41.3 Å². The second kappa shape index (κ2) is 14.1. The number of para-hydroxylation sites is 1. The second-order valence-corrected chi connectivity index (χ2v) is 12.4. The molecule has 0 saturated heterocycles. The molecule has 0 aromatic heterocycles. The van der Waals surface area contributed by atoms with Gasteiger partial charge in [-0.25, -0.2) is 8.42 Å². The first-order valence-corrected chi connectivity index (χ1v) is 15.2. The Labute approximate surface area is 239 Å². The predicted octanol–water partition coefficient (Wildman–Crippen LogP) is 5.12. The first kappa shape index (κ1) is 30.9. The first-order valence-electron chi connectivity index (χ1n) is 13.8. The van der Waals surface area contributed by atoms with Crippen LogP contribution in [0.4, 0.5) is 5.69 Å². The Kier molecular flexibility index (Phi) is 10.9. The lowest BCUT2D eigenvalue weighted by atomic mass is 10.1. The summed E-state index contributed by atoms with van der Waals surface area (Å²) < 4.78 is 29.1. The van der Waals surface area contributed by atoms with E-state index in [0.717, 1.165) is 16.7 Å². The number of aryl methyl sites for hydroxylation is 2. The van der Waals surface area contributed by atoms with E-state index in [1.165, 1.54) is 4.31 Å². The summed E-state index contributed by atoms with van der Waals surface area (Å²) in [5.74, 6) is -0.408. The largest absolute Gasteiger partial charge is 0.354 e. The molecule has 1 atom stereocenters. The molecule has 2 amide bonds. The minimum absolute atomic E-state index is 0.103. The summed E-state index contributed by atoms with van der Waals surface area (Å²) in [6.07, 6.45) is 0.940. The maximum absolute atomic E-state index is 14.1. The fourth-order valence-corrected chi connectivity index (χ4v) is 5.99. The zero-order valence-corrected chi connectivity index (χ0v) is 24.9. The molecule has 0 bridgehead atoms. The molecule has 0 radical (unpaired) electrons. The first-order chi connectivity index (χ1) is 19.0. The van der Waals surface area contributed by atoms with Crippen molar-refractivity contribution in [3.63, 3.8) is 0 Å². The highest BCUT2D eigenvalue weighted by molar-refractivity contribution is 7.92. The number of carbonyl (C=O) groups is 2. The Bertz CT molecular complexity index is 1370. The van der Waals surface area contributed by atoms with Crippen molar-refractivity contribution < 1.29 is 18.0 Å². The van der Waals surface area contributed by atoms with Gasteiger partial charge in [0.15, 0.2) is 0 Å². The monoisotopic (exact) mass is 563 g/mol. The van der Waals surface area contributed by atoms with Crippen LogP contribution in [0.3, 0.4) is 0 Å². The van der Waals surface area contributed by atoms with Gasteiger partial charge in [-0.15, -0.1) is 0 Å². The van der Waals surface area contributed by atoms with Gasteiger partial charge in [0.2, 0.25) is 11.8 Å². The van der Waals surface area contributed by atoms with Gasteiger partial charge in [-0.2, -0.15) is 0 Å². The second-order valence-electron chi connectivity index (χ2n) is 10.5. The zero-order chi connectivity index (χ0) is 29.3. The van der Waals surface area contributed by atoms with Crippen LogP contribution in [0.25, 0.3) is 0 Å². The average Bonchev–Trinajstić information content (AvgIpc) is 2.93. The number of rotatable bonds is 13. The summed E-state index contributed by atoms with van der Waals surface area (Å²) in [6, 6.07) is 22.7. The molecule has 0 spiro atoms. The maximum atomic E-state index is 14.1. The minimum atomic E-state index is -4.08. The van der Waals surface area contributed by atoms with Crippen LogP contribution in [0, 0.1) is 19.8 Å². The summed E-state index contributed by atoms with van der Waals surface area (Å²) in [4.78, 5) is 29.0. The van der Waals surface area contributed by atoms with Gasteiger partial charge < -0.3 is 10.2 Å². The molecule has 0 aliphatic heterocycles. The van der Waals surface area contributed by atoms with E-state index in [2.05, 4.69) is 5.32 Å². The van der Waals surface area contributed by atoms with Crippen LogP contribution in [0.2, 0.25) is 0 Å². The van der Waals surface area contributed by atoms with Gasteiger partial charge in [-0.1, -0.05) is 87.0 Å². The minimum Gasteiger partial charge on any atom is -0.354 e. The van der Waals surface area contributed by atoms with Crippen LogP contribution in [-0.4, -0.2) is 50.8 Å². The normalized spacial score (nSPS) is 12.2. The third-order valence-corrected chi connectivity index (χ3v) is 8.60. The third-order valence-electron chi connectivity index (χ3n) is 6.83. The van der Waals surface area contributed by atoms with E-state index in [1.807, 2.05) is 77.1 Å². The van der Waals surface area contributed by atoms with E-state index in [0.29, 0.717) is 25.1 Å². The van der Waals surface area contributed by atoms with Crippen molar-refractivity contribution in [2.75, 3.05) is 23.9 Å². The number of nitrogens with zero attached hydrogens (tertiary/aromatic N) is 2. The van der Waals surface area contributed by atoms with Gasteiger partial charge in [0, 0.05) is 13.1 Å². The summed E-state index contributed by atoms with van der Waals surface area (Å²) >= 11 is 0. The van der Waals surface area contributed by atoms with Crippen LogP contribution < -0.4 is 9.62 Å². The molecular weight excluding hydrogens is 522 g/mol. The molecule has 0 heterocycles. The molecule has 3 aromatic rings. The highest BCUT2D eigenvalue weighted by Gasteiger charge is 2.33. The van der Waals surface area contributed by atoms with E-state index in [-0.39, 0.29) is 23.3 Å². The van der Waals surface area contributed by atoms with Gasteiger partial charge in [-0.05, 0) is 61.9 Å². The maximum Gasteiger partial charge on any atom is 0.264 e. The van der Waals surface area contributed by atoms with Crippen molar-refractivity contribution in [2.45, 2.75) is 58.4 Å². The van der Waals surface area contributed by atoms with E-state index < -0.39 is 28.5 Å². The van der Waals surface area contributed by atoms with Gasteiger partial charge >= 0.3 is 0 Å². The Balaban J connectivity index is 2.00. The van der Waals surface area contributed by atoms with Crippen molar-refractivity contribution in [2.24, 2.45) is 5.92 Å². The van der Waals surface area contributed by atoms with Crippen molar-refractivity contribution in [3.05, 3.63) is 95.6 Å². The number of carbonyl (C=O) groups excluding carboxylic acids is 2. The lowest BCUT2D eigenvalue weighted by molar-refractivity contribution is -0.139. The molecule has 0 fully saturated rings. The van der Waals surface area contributed by atoms with Crippen molar-refractivity contribution in [3.8, 4) is 0 Å². The number of hydrogen-bond donors (Lipinski definition) is 1. The van der Waals surface area contributed by atoms with Crippen molar-refractivity contribution in [1.29, 1.82) is 0 Å². The molecule has 0 saturated carbocycles. The highest BCUT2D eigenvalue weighted by atomic mass is 32.2. The van der Waals surface area contributed by atoms with E-state index >= 15 is 0 Å². The molecule has 8 heteroatoms. The van der Waals surface area contributed by atoms with Crippen molar-refractivity contribution >= 4 is 27.5 Å². The van der Waals surface area contributed by atoms with Crippen LogP contribution in [-0.2, 0) is 26.0 Å². The summed E-state index contributed by atoms with van der Waals surface area (Å²) in [5.41, 5.74) is 3.11. The molecule has 214 valence electrons. The topological polar surface area (TPSA) is 86.8 Å². The van der Waals surface area contributed by atoms with Crippen LogP contribution in [0.1, 0.15) is 43.9 Å². The number of nitrogens with one attached hydrogen (secondary N) is 1. The van der Waals surface area contributed by atoms with Gasteiger partial charge in [0.05, 0.1) is 10.6 Å². The zero-order valence-electron chi connectivity index (χ0n) is 24.1. The summed E-state index contributed by atoms with van der Waals surface area (Å²) in [5, 5.41) is 2.96. The number of amides is 2. The van der Waals surface area contributed by atoms with Crippen LogP contribution in [0.5, 0.6) is 0 Å². The van der Waals surface area contributed by atoms with E-state index in [4.69, 9.17) is 0 Å². The standard InChI is InChI=1S/C32H41N3O4S/c1-6-29(32(37)33-22-24(2)3)34(21-20-27-13-8-7-9-14-27)31(36)23-35(30-15-11-10-12-26(30)5)40(38,39)28-18-16-25(4)17-19-28/h7-19,24,29H,6,20-23H2,1-5H3,(H,33,37)/t29-/m0/s1. The average molecular weight is 564 g/mol. The lowest BCUT2D eigenvalue weighted by Crippen LogP contribution is -2.53. The lowest BCUT2D eigenvalue weighted by Gasteiger charge is -2.33. The van der Waals surface area contributed by atoms with Crippen LogP contribution in [0.15, 0.2) is 83.8 Å². The molecule has 1 N–H and O–H groups in total. The van der Waals surface area contributed by atoms with Crippen LogP contribution >= 0.6 is 0 Å². The summed E-state index contributed by atoms with van der Waals surface area (Å²) in [6.45, 7) is 9.94. The number of hydrogen-bond acceptors (Lipinski definition) is 4. The number of anilines is 1. The van der Waals surface area contributed by atoms with E-state index in [9.17, 15) is 18.0 Å². The molecule has 7 nitrogen and oxygen atoms in total. The molecule has 40 heavy (non-hydrogen) atoms. The van der Waals surface area contributed by atoms with Crippen molar-refractivity contribution in [1.82, 2.24) is 10.2 Å². The molecule has 3 rings (SSSR count). The smallest absolute Gasteiger partial charge is 0.264 e.